The number of carbonyl (C=O) groups excluding carboxylic acids is 1. The van der Waals surface area contributed by atoms with Crippen LogP contribution in [0.5, 0.6) is 11.5 Å². The first-order valence-electron chi connectivity index (χ1n) is 8.52. The normalized spacial score (nSPS) is 12.5. The van der Waals surface area contributed by atoms with Crippen molar-refractivity contribution in [2.45, 2.75) is 32.7 Å². The summed E-state index contributed by atoms with van der Waals surface area (Å²) in [6.07, 6.45) is 0. The number of quaternary nitrogens is 1. The zero-order chi connectivity index (χ0) is 19.3. The van der Waals surface area contributed by atoms with Crippen molar-refractivity contribution in [2.75, 3.05) is 33.1 Å². The lowest BCUT2D eigenvalue weighted by atomic mass is 9.92. The Bertz CT molecular complexity index is 749. The molecule has 2 rings (SSSR count). The fourth-order valence-corrected chi connectivity index (χ4v) is 2.62. The maximum atomic E-state index is 12.3. The average molecular weight is 362 g/mol. The molecule has 1 unspecified atom stereocenters. The zero-order valence-electron chi connectivity index (χ0n) is 16.3. The largest absolute Gasteiger partial charge is 0.493 e. The third kappa shape index (κ3) is 4.98. The van der Waals surface area contributed by atoms with Crippen LogP contribution in [0.15, 0.2) is 28.8 Å². The van der Waals surface area contributed by atoms with Crippen LogP contribution in [-0.2, 0) is 16.8 Å². The van der Waals surface area contributed by atoms with Crippen LogP contribution in [0.25, 0.3) is 0 Å². The van der Waals surface area contributed by atoms with Gasteiger partial charge in [-0.25, -0.2) is 0 Å². The lowest BCUT2D eigenvalue weighted by Gasteiger charge is -2.16. The van der Waals surface area contributed by atoms with Crippen LogP contribution in [0, 0.1) is 0 Å². The topological polar surface area (TPSA) is 78.0 Å². The van der Waals surface area contributed by atoms with Gasteiger partial charge < -0.3 is 18.9 Å². The summed E-state index contributed by atoms with van der Waals surface area (Å²) >= 11 is 0. The molecule has 0 aliphatic carbocycles. The highest BCUT2D eigenvalue weighted by atomic mass is 16.5. The predicted octanol–water partition coefficient (Wildman–Crippen LogP) is 1.64. The van der Waals surface area contributed by atoms with E-state index in [9.17, 15) is 4.79 Å². The van der Waals surface area contributed by atoms with E-state index in [4.69, 9.17) is 14.0 Å². The van der Waals surface area contributed by atoms with Crippen LogP contribution in [0.1, 0.15) is 32.0 Å². The van der Waals surface area contributed by atoms with Crippen molar-refractivity contribution in [3.8, 4) is 11.5 Å². The molecule has 26 heavy (non-hydrogen) atoms. The second-order valence-corrected chi connectivity index (χ2v) is 7.34. The molecule has 0 saturated carbocycles. The summed E-state index contributed by atoms with van der Waals surface area (Å²) in [4.78, 5) is 13.3. The molecule has 1 atom stereocenters. The molecule has 2 N–H and O–H groups in total. The van der Waals surface area contributed by atoms with E-state index in [1.54, 1.807) is 20.3 Å². The van der Waals surface area contributed by atoms with Crippen molar-refractivity contribution in [2.24, 2.45) is 0 Å². The molecule has 0 bridgehead atoms. The molecule has 7 nitrogen and oxygen atoms in total. The van der Waals surface area contributed by atoms with Gasteiger partial charge in [-0.3, -0.25) is 10.1 Å². The second kappa shape index (κ2) is 8.23. The molecule has 0 aliphatic rings. The molecule has 142 valence electrons. The third-order valence-electron chi connectivity index (χ3n) is 3.98. The van der Waals surface area contributed by atoms with Gasteiger partial charge in [0.25, 0.3) is 5.91 Å². The summed E-state index contributed by atoms with van der Waals surface area (Å²) < 4.78 is 16.0. The molecule has 0 radical (unpaired) electrons. The van der Waals surface area contributed by atoms with Gasteiger partial charge in [-0.05, 0) is 12.1 Å². The fourth-order valence-electron chi connectivity index (χ4n) is 2.62. The van der Waals surface area contributed by atoms with E-state index < -0.39 is 0 Å². The van der Waals surface area contributed by atoms with Gasteiger partial charge in [0.05, 0.1) is 32.5 Å². The highest BCUT2D eigenvalue weighted by Gasteiger charge is 2.21. The summed E-state index contributed by atoms with van der Waals surface area (Å²) in [6, 6.07) is 7.49. The molecular weight excluding hydrogens is 334 g/mol. The van der Waals surface area contributed by atoms with E-state index in [-0.39, 0.29) is 17.9 Å². The Morgan fingerprint density at radius 3 is 2.58 bits per heavy atom. The first-order valence-corrected chi connectivity index (χ1v) is 8.52. The maximum absolute atomic E-state index is 12.3. The summed E-state index contributed by atoms with van der Waals surface area (Å²) in [5.41, 5.74) is 1.65. The van der Waals surface area contributed by atoms with Gasteiger partial charge >= 0.3 is 0 Å². The van der Waals surface area contributed by atoms with E-state index in [1.807, 2.05) is 46.0 Å². The molecule has 2 aromatic rings. The summed E-state index contributed by atoms with van der Waals surface area (Å²) in [5, 5.41) is 6.76. The first-order chi connectivity index (χ1) is 12.2. The van der Waals surface area contributed by atoms with Gasteiger partial charge in [0.15, 0.2) is 18.0 Å². The van der Waals surface area contributed by atoms with Crippen molar-refractivity contribution in [1.82, 2.24) is 5.16 Å². The Balaban J connectivity index is 1.96. The number of nitrogens with one attached hydrogen (secondary N) is 2. The Morgan fingerprint density at radius 1 is 1.27 bits per heavy atom. The molecule has 7 heteroatoms. The molecule has 0 saturated heterocycles. The van der Waals surface area contributed by atoms with E-state index in [0.29, 0.717) is 23.9 Å². The quantitative estimate of drug-likeness (QED) is 0.783. The highest BCUT2D eigenvalue weighted by molar-refractivity contribution is 5.90. The number of carbonyl (C=O) groups is 1. The minimum Gasteiger partial charge on any atom is -0.493 e. The van der Waals surface area contributed by atoms with Crippen LogP contribution in [0.4, 0.5) is 5.88 Å². The first kappa shape index (κ1) is 19.8. The lowest BCUT2D eigenvalue weighted by molar-refractivity contribution is -0.885. The minimum absolute atomic E-state index is 0.128. The van der Waals surface area contributed by atoms with Crippen LogP contribution in [-0.4, -0.2) is 38.9 Å². The molecular formula is C19H28N3O4+. The fraction of sp³-hybridized carbons (Fsp3) is 0.474. The van der Waals surface area contributed by atoms with Crippen molar-refractivity contribution in [1.29, 1.82) is 0 Å². The number of hydrogen-bond acceptors (Lipinski definition) is 5. The zero-order valence-corrected chi connectivity index (χ0v) is 16.3. The van der Waals surface area contributed by atoms with Gasteiger partial charge in [-0.1, -0.05) is 32.0 Å². The Morgan fingerprint density at radius 2 is 2.00 bits per heavy atom. The van der Waals surface area contributed by atoms with E-state index >= 15 is 0 Å². The van der Waals surface area contributed by atoms with Gasteiger partial charge in [0, 0.05) is 11.5 Å². The number of amides is 1. The number of methoxy groups -OCH3 is 2. The summed E-state index contributed by atoms with van der Waals surface area (Å²) in [5.74, 6) is 1.60. The number of rotatable bonds is 7. The van der Waals surface area contributed by atoms with Gasteiger partial charge in [-0.15, -0.1) is 0 Å². The maximum Gasteiger partial charge on any atom is 0.281 e. The standard InChI is InChI=1S/C19H27N3O4/c1-19(2,3)15-10-17(26-21-15)20-16(23)12-22(4)11-13-8-7-9-14(24-5)18(13)25-6/h7-10H,11-12H2,1-6H3,(H,20,23)/p+1. The van der Waals surface area contributed by atoms with Crippen molar-refractivity contribution in [3.63, 3.8) is 0 Å². The molecule has 1 amide bonds. The molecule has 0 spiro atoms. The number of aromatic nitrogens is 1. The molecule has 1 aromatic carbocycles. The van der Waals surface area contributed by atoms with E-state index in [0.717, 1.165) is 16.2 Å². The average Bonchev–Trinajstić information content (AvgIpc) is 3.02. The van der Waals surface area contributed by atoms with Crippen LogP contribution >= 0.6 is 0 Å². The van der Waals surface area contributed by atoms with Crippen molar-refractivity contribution < 1.29 is 23.7 Å². The van der Waals surface area contributed by atoms with E-state index in [2.05, 4.69) is 10.5 Å². The van der Waals surface area contributed by atoms with Crippen LogP contribution in [0.3, 0.4) is 0 Å². The summed E-state index contributed by atoms with van der Waals surface area (Å²) in [7, 11) is 5.16. The SMILES string of the molecule is COc1cccc(C[NH+](C)CC(=O)Nc2cc(C(C)(C)C)no2)c1OC. The number of likely N-dealkylation sites (N-methyl/N-ethyl adjacent to an activating group) is 1. The Kier molecular flexibility index (Phi) is 6.26. The third-order valence-corrected chi connectivity index (χ3v) is 3.98. The van der Waals surface area contributed by atoms with Crippen molar-refractivity contribution in [3.05, 3.63) is 35.5 Å². The molecule has 0 fully saturated rings. The molecule has 1 aromatic heterocycles. The second-order valence-electron chi connectivity index (χ2n) is 7.34. The highest BCUT2D eigenvalue weighted by Crippen LogP contribution is 2.30. The Labute approximate surface area is 154 Å². The smallest absolute Gasteiger partial charge is 0.281 e. The Hall–Kier alpha value is -2.54. The summed E-state index contributed by atoms with van der Waals surface area (Å²) in [6.45, 7) is 7.02. The number of anilines is 1. The van der Waals surface area contributed by atoms with Gasteiger partial charge in [-0.2, -0.15) is 0 Å². The molecule has 0 aliphatic heterocycles. The van der Waals surface area contributed by atoms with Gasteiger partial charge in [0.2, 0.25) is 5.88 Å². The minimum atomic E-state index is -0.138. The van der Waals surface area contributed by atoms with E-state index in [1.165, 1.54) is 0 Å². The number of ether oxygens (including phenoxy) is 2. The monoisotopic (exact) mass is 362 g/mol. The van der Waals surface area contributed by atoms with Crippen LogP contribution < -0.4 is 19.7 Å². The number of benzene rings is 1. The van der Waals surface area contributed by atoms with Crippen LogP contribution in [0.2, 0.25) is 0 Å². The molecule has 1 heterocycles. The lowest BCUT2D eigenvalue weighted by Crippen LogP contribution is -3.08. The number of nitrogens with zero attached hydrogens (tertiary/aromatic N) is 1. The predicted molar refractivity (Wildman–Crippen MR) is 98.8 cm³/mol. The number of para-hydroxylation sites is 1. The van der Waals surface area contributed by atoms with Gasteiger partial charge in [0.1, 0.15) is 6.54 Å². The van der Waals surface area contributed by atoms with Crippen molar-refractivity contribution >= 4 is 11.8 Å². The number of hydrogen-bond donors (Lipinski definition) is 2.